The second-order valence-corrected chi connectivity index (χ2v) is 6.32. The maximum absolute atomic E-state index is 12.1. The summed E-state index contributed by atoms with van der Waals surface area (Å²) in [5.41, 5.74) is 2.39. The average molecular weight is 326 g/mol. The number of rotatable bonds is 3. The van der Waals surface area contributed by atoms with Gasteiger partial charge < -0.3 is 14.6 Å². The quantitative estimate of drug-likeness (QED) is 0.928. The van der Waals surface area contributed by atoms with Crippen molar-refractivity contribution >= 4 is 5.91 Å². The lowest BCUT2D eigenvalue weighted by Crippen LogP contribution is -2.32. The highest BCUT2D eigenvalue weighted by Gasteiger charge is 2.27. The van der Waals surface area contributed by atoms with E-state index in [9.17, 15) is 4.79 Å². The summed E-state index contributed by atoms with van der Waals surface area (Å²) in [5.74, 6) is 1.12. The lowest BCUT2D eigenvalue weighted by Gasteiger charge is -2.30. The number of fused-ring (bicyclic) bond motifs is 1. The maximum atomic E-state index is 12.1. The standard InChI is InChI=1S/C18H22N4O2/c23-18-10-16(14-4-2-1-3-5-14)21(7-6-19-18)12-15-11-20-17-13-24-9-8-22(15)17/h1-5,11,16H,6-10,12-13H2,(H,19,23). The molecule has 4 rings (SSSR count). The summed E-state index contributed by atoms with van der Waals surface area (Å²) in [7, 11) is 0. The molecule has 1 aromatic heterocycles. The van der Waals surface area contributed by atoms with Crippen molar-refractivity contribution < 1.29 is 9.53 Å². The molecule has 0 aliphatic carbocycles. The number of aromatic nitrogens is 2. The normalized spacial score (nSPS) is 21.8. The van der Waals surface area contributed by atoms with Crippen molar-refractivity contribution in [2.24, 2.45) is 0 Å². The molecule has 6 heteroatoms. The summed E-state index contributed by atoms with van der Waals surface area (Å²) in [4.78, 5) is 18.9. The van der Waals surface area contributed by atoms with Gasteiger partial charge in [0.15, 0.2) is 0 Å². The van der Waals surface area contributed by atoms with E-state index in [-0.39, 0.29) is 11.9 Å². The van der Waals surface area contributed by atoms with Crippen molar-refractivity contribution in [2.75, 3.05) is 19.7 Å². The van der Waals surface area contributed by atoms with Crippen LogP contribution in [-0.4, -0.2) is 40.1 Å². The number of hydrogen-bond acceptors (Lipinski definition) is 4. The van der Waals surface area contributed by atoms with E-state index in [0.29, 0.717) is 19.6 Å². The lowest BCUT2D eigenvalue weighted by molar-refractivity contribution is -0.121. The largest absolute Gasteiger partial charge is 0.372 e. The Bertz CT molecular complexity index is 713. The number of benzene rings is 1. The molecule has 0 bridgehead atoms. The number of carbonyl (C=O) groups excluding carboxylic acids is 1. The minimum Gasteiger partial charge on any atom is -0.372 e. The Morgan fingerprint density at radius 1 is 1.25 bits per heavy atom. The van der Waals surface area contributed by atoms with Crippen LogP contribution in [0.25, 0.3) is 0 Å². The summed E-state index contributed by atoms with van der Waals surface area (Å²) in [6.45, 7) is 4.49. The van der Waals surface area contributed by atoms with Gasteiger partial charge in [0.1, 0.15) is 12.4 Å². The van der Waals surface area contributed by atoms with Crippen molar-refractivity contribution in [3.63, 3.8) is 0 Å². The SMILES string of the molecule is O=C1CC(c2ccccc2)N(Cc2cnc3n2CCOC3)CCN1. The molecule has 1 atom stereocenters. The van der Waals surface area contributed by atoms with Gasteiger partial charge in [-0.15, -0.1) is 0 Å². The third kappa shape index (κ3) is 3.07. The molecule has 0 saturated carbocycles. The highest BCUT2D eigenvalue weighted by molar-refractivity contribution is 5.77. The second kappa shape index (κ2) is 6.75. The van der Waals surface area contributed by atoms with Crippen LogP contribution in [0.2, 0.25) is 0 Å². The van der Waals surface area contributed by atoms with Crippen molar-refractivity contribution in [3.05, 3.63) is 53.6 Å². The molecule has 1 amide bonds. The van der Waals surface area contributed by atoms with Gasteiger partial charge in [0, 0.05) is 44.8 Å². The number of amides is 1. The number of ether oxygens (including phenoxy) is 1. The van der Waals surface area contributed by atoms with Gasteiger partial charge in [-0.2, -0.15) is 0 Å². The Balaban J connectivity index is 1.61. The molecule has 1 unspecified atom stereocenters. The van der Waals surface area contributed by atoms with E-state index in [0.717, 1.165) is 32.1 Å². The van der Waals surface area contributed by atoms with Gasteiger partial charge in [0.25, 0.3) is 0 Å². The molecule has 1 fully saturated rings. The minimum absolute atomic E-state index is 0.0969. The van der Waals surface area contributed by atoms with Crippen molar-refractivity contribution in [1.82, 2.24) is 19.8 Å². The summed E-state index contributed by atoms with van der Waals surface area (Å²) in [5, 5.41) is 2.99. The maximum Gasteiger partial charge on any atom is 0.221 e. The van der Waals surface area contributed by atoms with Crippen LogP contribution in [0.1, 0.15) is 29.5 Å². The Hall–Kier alpha value is -2.18. The van der Waals surface area contributed by atoms with Crippen LogP contribution >= 0.6 is 0 Å². The monoisotopic (exact) mass is 326 g/mol. The molecule has 1 saturated heterocycles. The highest BCUT2D eigenvalue weighted by Crippen LogP contribution is 2.27. The molecule has 2 aliphatic heterocycles. The number of nitrogens with one attached hydrogen (secondary N) is 1. The van der Waals surface area contributed by atoms with E-state index in [4.69, 9.17) is 4.74 Å². The predicted molar refractivity (Wildman–Crippen MR) is 89.1 cm³/mol. The van der Waals surface area contributed by atoms with E-state index >= 15 is 0 Å². The molecule has 2 aliphatic rings. The van der Waals surface area contributed by atoms with E-state index < -0.39 is 0 Å². The number of imidazole rings is 1. The van der Waals surface area contributed by atoms with Crippen LogP contribution in [0.3, 0.4) is 0 Å². The molecule has 0 radical (unpaired) electrons. The zero-order valence-corrected chi connectivity index (χ0v) is 13.6. The van der Waals surface area contributed by atoms with Crippen LogP contribution < -0.4 is 5.32 Å². The Morgan fingerprint density at radius 3 is 3.00 bits per heavy atom. The Morgan fingerprint density at radius 2 is 2.12 bits per heavy atom. The van der Waals surface area contributed by atoms with Crippen molar-refractivity contribution in [2.45, 2.75) is 32.2 Å². The molecule has 0 spiro atoms. The molecule has 1 aromatic carbocycles. The topological polar surface area (TPSA) is 59.4 Å². The number of hydrogen-bond donors (Lipinski definition) is 1. The van der Waals surface area contributed by atoms with Gasteiger partial charge in [0.2, 0.25) is 5.91 Å². The molecule has 6 nitrogen and oxygen atoms in total. The predicted octanol–water partition coefficient (Wildman–Crippen LogP) is 1.48. The summed E-state index contributed by atoms with van der Waals surface area (Å²) >= 11 is 0. The minimum atomic E-state index is 0.0969. The zero-order valence-electron chi connectivity index (χ0n) is 13.6. The van der Waals surface area contributed by atoms with Crippen LogP contribution in [0.4, 0.5) is 0 Å². The fraction of sp³-hybridized carbons (Fsp3) is 0.444. The Labute approximate surface area is 141 Å². The van der Waals surface area contributed by atoms with Gasteiger partial charge in [-0.05, 0) is 5.56 Å². The molecule has 24 heavy (non-hydrogen) atoms. The van der Waals surface area contributed by atoms with Crippen molar-refractivity contribution in [1.29, 1.82) is 0 Å². The summed E-state index contributed by atoms with van der Waals surface area (Å²) in [6.07, 6.45) is 2.44. The lowest BCUT2D eigenvalue weighted by atomic mass is 10.0. The summed E-state index contributed by atoms with van der Waals surface area (Å²) < 4.78 is 7.73. The molecular weight excluding hydrogens is 304 g/mol. The molecule has 126 valence electrons. The number of nitrogens with zero attached hydrogens (tertiary/aromatic N) is 3. The van der Waals surface area contributed by atoms with E-state index in [1.54, 1.807) is 0 Å². The first-order chi connectivity index (χ1) is 11.8. The van der Waals surface area contributed by atoms with Gasteiger partial charge in [-0.25, -0.2) is 4.98 Å². The zero-order chi connectivity index (χ0) is 16.4. The molecule has 2 aromatic rings. The molecule has 3 heterocycles. The fourth-order valence-electron chi connectivity index (χ4n) is 3.56. The average Bonchev–Trinajstić information content (AvgIpc) is 2.93. The highest BCUT2D eigenvalue weighted by atomic mass is 16.5. The van der Waals surface area contributed by atoms with Gasteiger partial charge >= 0.3 is 0 Å². The summed E-state index contributed by atoms with van der Waals surface area (Å²) in [6, 6.07) is 10.4. The van der Waals surface area contributed by atoms with E-state index in [1.165, 1.54) is 11.3 Å². The fourth-order valence-corrected chi connectivity index (χ4v) is 3.56. The van der Waals surface area contributed by atoms with Gasteiger partial charge in [-0.1, -0.05) is 30.3 Å². The van der Waals surface area contributed by atoms with Crippen molar-refractivity contribution in [3.8, 4) is 0 Å². The first kappa shape index (κ1) is 15.4. The van der Waals surface area contributed by atoms with E-state index in [2.05, 4.69) is 31.9 Å². The smallest absolute Gasteiger partial charge is 0.221 e. The van der Waals surface area contributed by atoms with Crippen LogP contribution in [0.15, 0.2) is 36.5 Å². The first-order valence-electron chi connectivity index (χ1n) is 8.48. The van der Waals surface area contributed by atoms with E-state index in [1.807, 2.05) is 24.4 Å². The third-order valence-electron chi connectivity index (χ3n) is 4.80. The first-order valence-corrected chi connectivity index (χ1v) is 8.48. The third-order valence-corrected chi connectivity index (χ3v) is 4.80. The molecule has 1 N–H and O–H groups in total. The van der Waals surface area contributed by atoms with Gasteiger partial charge in [-0.3, -0.25) is 9.69 Å². The Kier molecular flexibility index (Phi) is 4.32. The van der Waals surface area contributed by atoms with Gasteiger partial charge in [0.05, 0.1) is 12.3 Å². The second-order valence-electron chi connectivity index (χ2n) is 6.32. The van der Waals surface area contributed by atoms with Crippen LogP contribution in [0, 0.1) is 0 Å². The van der Waals surface area contributed by atoms with Crippen LogP contribution in [0.5, 0.6) is 0 Å². The molecular formula is C18H22N4O2. The van der Waals surface area contributed by atoms with Crippen LogP contribution in [-0.2, 0) is 29.2 Å². The number of carbonyl (C=O) groups is 1.